The molecule has 0 spiro atoms. The zero-order chi connectivity index (χ0) is 13.2. The SMILES string of the molecule is CNC(c1ccc(C)c(C)c1OC)C(F)(F)F. The van der Waals surface area contributed by atoms with Crippen LogP contribution >= 0.6 is 0 Å². The highest BCUT2D eigenvalue weighted by atomic mass is 19.4. The predicted molar refractivity (Wildman–Crippen MR) is 60.3 cm³/mol. The summed E-state index contributed by atoms with van der Waals surface area (Å²) in [5, 5.41) is 2.27. The summed E-state index contributed by atoms with van der Waals surface area (Å²) in [7, 11) is 2.67. The Labute approximate surface area is 98.8 Å². The Morgan fingerprint density at radius 2 is 1.82 bits per heavy atom. The fourth-order valence-electron chi connectivity index (χ4n) is 1.80. The van der Waals surface area contributed by atoms with Crippen molar-refractivity contribution < 1.29 is 17.9 Å². The number of rotatable bonds is 3. The molecule has 0 amide bonds. The van der Waals surface area contributed by atoms with Crippen LogP contribution in [-0.2, 0) is 0 Å². The van der Waals surface area contributed by atoms with E-state index in [1.165, 1.54) is 20.2 Å². The topological polar surface area (TPSA) is 21.3 Å². The predicted octanol–water partition coefficient (Wildman–Crippen LogP) is 3.13. The lowest BCUT2D eigenvalue weighted by molar-refractivity contribution is -0.156. The van der Waals surface area contributed by atoms with Crippen LogP contribution in [0.25, 0.3) is 0 Å². The quantitative estimate of drug-likeness (QED) is 0.886. The molecule has 1 aromatic rings. The first-order chi connectivity index (χ1) is 7.82. The summed E-state index contributed by atoms with van der Waals surface area (Å²) in [6.45, 7) is 3.59. The van der Waals surface area contributed by atoms with Crippen LogP contribution in [0.15, 0.2) is 12.1 Å². The van der Waals surface area contributed by atoms with Gasteiger partial charge in [0.05, 0.1) is 7.11 Å². The maximum absolute atomic E-state index is 12.8. The zero-order valence-electron chi connectivity index (χ0n) is 10.3. The molecular formula is C12H16F3NO. The van der Waals surface area contributed by atoms with Gasteiger partial charge < -0.3 is 10.1 Å². The summed E-state index contributed by atoms with van der Waals surface area (Å²) in [4.78, 5) is 0. The first kappa shape index (κ1) is 13.8. The van der Waals surface area contributed by atoms with Crippen molar-refractivity contribution in [2.24, 2.45) is 0 Å². The van der Waals surface area contributed by atoms with Crippen molar-refractivity contribution in [3.8, 4) is 5.75 Å². The highest BCUT2D eigenvalue weighted by Gasteiger charge is 2.41. The largest absolute Gasteiger partial charge is 0.496 e. The van der Waals surface area contributed by atoms with Crippen LogP contribution in [0, 0.1) is 13.8 Å². The first-order valence-electron chi connectivity index (χ1n) is 5.21. The number of alkyl halides is 3. The number of methoxy groups -OCH3 is 1. The monoisotopic (exact) mass is 247 g/mol. The molecule has 1 N–H and O–H groups in total. The van der Waals surface area contributed by atoms with Crippen LogP contribution in [0.4, 0.5) is 13.2 Å². The Kier molecular flexibility index (Phi) is 4.03. The van der Waals surface area contributed by atoms with Crippen molar-refractivity contribution in [1.82, 2.24) is 5.32 Å². The molecule has 1 rings (SSSR count). The number of aryl methyl sites for hydroxylation is 1. The van der Waals surface area contributed by atoms with E-state index in [0.29, 0.717) is 5.75 Å². The van der Waals surface area contributed by atoms with Gasteiger partial charge in [0.1, 0.15) is 11.8 Å². The Balaban J connectivity index is 3.35. The highest BCUT2D eigenvalue weighted by molar-refractivity contribution is 5.47. The molecular weight excluding hydrogens is 231 g/mol. The molecule has 0 aliphatic heterocycles. The lowest BCUT2D eigenvalue weighted by Gasteiger charge is -2.23. The summed E-state index contributed by atoms with van der Waals surface area (Å²) >= 11 is 0. The molecule has 0 fully saturated rings. The molecule has 0 aliphatic carbocycles. The lowest BCUT2D eigenvalue weighted by Crippen LogP contribution is -2.32. The molecule has 0 aromatic heterocycles. The van der Waals surface area contributed by atoms with Gasteiger partial charge in [-0.15, -0.1) is 0 Å². The van der Waals surface area contributed by atoms with Gasteiger partial charge in [0.2, 0.25) is 0 Å². The Morgan fingerprint density at radius 1 is 1.24 bits per heavy atom. The van der Waals surface area contributed by atoms with Crippen LogP contribution in [0.5, 0.6) is 5.75 Å². The zero-order valence-corrected chi connectivity index (χ0v) is 10.3. The van der Waals surface area contributed by atoms with Crippen LogP contribution in [-0.4, -0.2) is 20.3 Å². The summed E-state index contributed by atoms with van der Waals surface area (Å²) in [6, 6.07) is 1.41. The molecule has 1 atom stereocenters. The Hall–Kier alpha value is -1.23. The van der Waals surface area contributed by atoms with Gasteiger partial charge in [0.15, 0.2) is 0 Å². The molecule has 5 heteroatoms. The van der Waals surface area contributed by atoms with E-state index in [-0.39, 0.29) is 5.56 Å². The molecule has 0 radical (unpaired) electrons. The molecule has 0 aliphatic rings. The van der Waals surface area contributed by atoms with E-state index in [4.69, 9.17) is 4.74 Å². The Bertz CT molecular complexity index is 401. The fourth-order valence-corrected chi connectivity index (χ4v) is 1.80. The minimum Gasteiger partial charge on any atom is -0.496 e. The van der Waals surface area contributed by atoms with Gasteiger partial charge in [-0.3, -0.25) is 0 Å². The summed E-state index contributed by atoms with van der Waals surface area (Å²) in [6.07, 6.45) is -4.34. The van der Waals surface area contributed by atoms with Crippen molar-refractivity contribution >= 4 is 0 Å². The molecule has 0 heterocycles. The van der Waals surface area contributed by atoms with Crippen LogP contribution in [0.2, 0.25) is 0 Å². The van der Waals surface area contributed by atoms with Crippen molar-refractivity contribution in [2.75, 3.05) is 14.2 Å². The van der Waals surface area contributed by atoms with Gasteiger partial charge >= 0.3 is 6.18 Å². The summed E-state index contributed by atoms with van der Waals surface area (Å²) in [5.74, 6) is 0.293. The van der Waals surface area contributed by atoms with Crippen molar-refractivity contribution in [2.45, 2.75) is 26.1 Å². The number of benzene rings is 1. The van der Waals surface area contributed by atoms with Crippen molar-refractivity contribution in [3.05, 3.63) is 28.8 Å². The highest BCUT2D eigenvalue weighted by Crippen LogP contribution is 2.39. The Morgan fingerprint density at radius 3 is 2.24 bits per heavy atom. The van der Waals surface area contributed by atoms with Gasteiger partial charge in [-0.05, 0) is 32.0 Å². The van der Waals surface area contributed by atoms with Gasteiger partial charge in [0.25, 0.3) is 0 Å². The van der Waals surface area contributed by atoms with E-state index in [0.717, 1.165) is 11.1 Å². The van der Waals surface area contributed by atoms with Crippen LogP contribution < -0.4 is 10.1 Å². The van der Waals surface area contributed by atoms with E-state index in [9.17, 15) is 13.2 Å². The second-order valence-corrected chi connectivity index (χ2v) is 3.89. The number of nitrogens with one attached hydrogen (secondary N) is 1. The first-order valence-corrected chi connectivity index (χ1v) is 5.21. The smallest absolute Gasteiger partial charge is 0.408 e. The third-order valence-corrected chi connectivity index (χ3v) is 2.84. The molecule has 0 saturated heterocycles. The standard InChI is InChI=1S/C12H16F3NO/c1-7-5-6-9(10(17-4)8(7)2)11(16-3)12(13,14)15/h5-6,11,16H,1-4H3. The summed E-state index contributed by atoms with van der Waals surface area (Å²) < 4.78 is 43.6. The second kappa shape index (κ2) is 4.96. The number of hydrogen-bond donors (Lipinski definition) is 1. The van der Waals surface area contributed by atoms with Crippen molar-refractivity contribution in [1.29, 1.82) is 0 Å². The molecule has 17 heavy (non-hydrogen) atoms. The number of halogens is 3. The molecule has 1 aromatic carbocycles. The molecule has 0 bridgehead atoms. The van der Waals surface area contributed by atoms with Gasteiger partial charge in [-0.1, -0.05) is 12.1 Å². The fraction of sp³-hybridized carbons (Fsp3) is 0.500. The van der Waals surface area contributed by atoms with E-state index >= 15 is 0 Å². The van der Waals surface area contributed by atoms with E-state index in [2.05, 4.69) is 5.32 Å². The van der Waals surface area contributed by atoms with Gasteiger partial charge in [0, 0.05) is 5.56 Å². The average molecular weight is 247 g/mol. The van der Waals surface area contributed by atoms with Crippen LogP contribution in [0.3, 0.4) is 0 Å². The maximum atomic E-state index is 12.8. The molecule has 96 valence electrons. The van der Waals surface area contributed by atoms with Gasteiger partial charge in [-0.2, -0.15) is 13.2 Å². The van der Waals surface area contributed by atoms with E-state index in [1.54, 1.807) is 13.0 Å². The lowest BCUT2D eigenvalue weighted by atomic mass is 9.99. The third-order valence-electron chi connectivity index (χ3n) is 2.84. The average Bonchev–Trinajstić information content (AvgIpc) is 2.22. The number of hydrogen-bond acceptors (Lipinski definition) is 2. The maximum Gasteiger partial charge on any atom is 0.408 e. The van der Waals surface area contributed by atoms with Crippen molar-refractivity contribution in [3.63, 3.8) is 0 Å². The van der Waals surface area contributed by atoms with E-state index < -0.39 is 12.2 Å². The van der Waals surface area contributed by atoms with Crippen LogP contribution in [0.1, 0.15) is 22.7 Å². The minimum absolute atomic E-state index is 0.116. The molecule has 1 unspecified atom stereocenters. The van der Waals surface area contributed by atoms with E-state index in [1.807, 2.05) is 6.92 Å². The molecule has 0 saturated carbocycles. The number of ether oxygens (including phenoxy) is 1. The minimum atomic E-state index is -4.34. The summed E-state index contributed by atoms with van der Waals surface area (Å²) in [5.41, 5.74) is 1.75. The second-order valence-electron chi connectivity index (χ2n) is 3.89. The normalized spacial score (nSPS) is 13.6. The van der Waals surface area contributed by atoms with Gasteiger partial charge in [-0.25, -0.2) is 0 Å². The molecule has 2 nitrogen and oxygen atoms in total. The third kappa shape index (κ3) is 2.72.